The molecule has 0 fully saturated rings. The molecule has 1 aliphatic heterocycles. The van der Waals surface area contributed by atoms with Crippen LogP contribution < -0.4 is 9.47 Å². The lowest BCUT2D eigenvalue weighted by atomic mass is 10.1. The number of fused-ring (bicyclic) bond motifs is 3. The molecule has 182 valence electrons. The Hall–Kier alpha value is -4.60. The molecule has 0 spiro atoms. The van der Waals surface area contributed by atoms with Gasteiger partial charge in [0.15, 0.2) is 11.5 Å². The molecule has 5 aromatic rings. The lowest BCUT2D eigenvalue weighted by Gasteiger charge is -2.19. The van der Waals surface area contributed by atoms with Gasteiger partial charge in [0, 0.05) is 23.3 Å². The lowest BCUT2D eigenvalue weighted by Crippen LogP contribution is -2.21. The first-order valence-corrected chi connectivity index (χ1v) is 10.8. The number of carboxylic acid groups (broad SMARTS) is 1. The third kappa shape index (κ3) is 4.52. The number of ether oxygens (including phenoxy) is 2. The number of alkyl halides is 3. The molecule has 10 heteroatoms. The molecule has 1 N–H and O–H groups in total. The number of rotatable bonds is 2. The van der Waals surface area contributed by atoms with Gasteiger partial charge < -0.3 is 14.6 Å². The SMILES string of the molecule is O=C(O)C(F)(F)F.c1ccc2c(-c3cnc4cc(-c5ccc6c(c5)OCCO6)ccn34)ccnc2c1. The van der Waals surface area contributed by atoms with E-state index in [0.29, 0.717) is 13.2 Å². The number of hydrogen-bond donors (Lipinski definition) is 1. The van der Waals surface area contributed by atoms with E-state index >= 15 is 0 Å². The molecule has 2 aromatic carbocycles. The number of carbonyl (C=O) groups is 1. The van der Waals surface area contributed by atoms with Gasteiger partial charge in [-0.2, -0.15) is 13.2 Å². The Kier molecular flexibility index (Phi) is 5.93. The van der Waals surface area contributed by atoms with Crippen LogP contribution in [0, 0.1) is 0 Å². The Balaban J connectivity index is 0.000000338. The van der Waals surface area contributed by atoms with Crippen LogP contribution in [0.4, 0.5) is 13.2 Å². The van der Waals surface area contributed by atoms with Crippen LogP contribution in [0.2, 0.25) is 0 Å². The maximum absolute atomic E-state index is 10.6. The van der Waals surface area contributed by atoms with Crippen molar-refractivity contribution in [2.75, 3.05) is 13.2 Å². The summed E-state index contributed by atoms with van der Waals surface area (Å²) in [6.45, 7) is 1.18. The van der Waals surface area contributed by atoms with Gasteiger partial charge in [-0.15, -0.1) is 0 Å². The predicted octanol–water partition coefficient (Wildman–Crippen LogP) is 5.62. The highest BCUT2D eigenvalue weighted by molar-refractivity contribution is 5.93. The number of para-hydroxylation sites is 1. The monoisotopic (exact) mass is 493 g/mol. The number of nitrogens with zero attached hydrogens (tertiary/aromatic N) is 3. The van der Waals surface area contributed by atoms with Gasteiger partial charge in [-0.05, 0) is 47.5 Å². The molecule has 0 unspecified atom stereocenters. The van der Waals surface area contributed by atoms with Crippen LogP contribution >= 0.6 is 0 Å². The number of pyridine rings is 2. The summed E-state index contributed by atoms with van der Waals surface area (Å²) in [6, 6.07) is 20.5. The van der Waals surface area contributed by atoms with Crippen molar-refractivity contribution in [2.45, 2.75) is 6.18 Å². The predicted molar refractivity (Wildman–Crippen MR) is 126 cm³/mol. The van der Waals surface area contributed by atoms with E-state index < -0.39 is 12.1 Å². The van der Waals surface area contributed by atoms with Crippen molar-refractivity contribution >= 4 is 22.5 Å². The molecule has 0 aliphatic carbocycles. The molecule has 6 rings (SSSR count). The average Bonchev–Trinajstić information content (AvgIpc) is 3.31. The molecule has 0 bridgehead atoms. The van der Waals surface area contributed by atoms with Gasteiger partial charge in [-0.25, -0.2) is 9.78 Å². The van der Waals surface area contributed by atoms with Crippen molar-refractivity contribution in [1.82, 2.24) is 14.4 Å². The summed E-state index contributed by atoms with van der Waals surface area (Å²) in [4.78, 5) is 18.0. The van der Waals surface area contributed by atoms with Crippen LogP contribution in [0.25, 0.3) is 38.9 Å². The molecule has 0 saturated heterocycles. The maximum atomic E-state index is 10.6. The van der Waals surface area contributed by atoms with E-state index in [1.54, 1.807) is 0 Å². The maximum Gasteiger partial charge on any atom is 0.490 e. The van der Waals surface area contributed by atoms with Gasteiger partial charge in [-0.1, -0.05) is 24.3 Å². The van der Waals surface area contributed by atoms with Crippen molar-refractivity contribution in [2.24, 2.45) is 0 Å². The number of aliphatic carboxylic acids is 1. The normalized spacial score (nSPS) is 12.8. The molecule has 0 saturated carbocycles. The van der Waals surface area contributed by atoms with E-state index in [-0.39, 0.29) is 0 Å². The molecule has 0 radical (unpaired) electrons. The summed E-state index contributed by atoms with van der Waals surface area (Å²) in [7, 11) is 0. The summed E-state index contributed by atoms with van der Waals surface area (Å²) in [6.07, 6.45) is 0.754. The van der Waals surface area contributed by atoms with Crippen LogP contribution in [0.3, 0.4) is 0 Å². The van der Waals surface area contributed by atoms with Gasteiger partial charge in [0.25, 0.3) is 0 Å². The number of halogens is 3. The average molecular weight is 493 g/mol. The van der Waals surface area contributed by atoms with Gasteiger partial charge in [-0.3, -0.25) is 9.38 Å². The molecule has 0 amide bonds. The standard InChI is InChI=1S/C24H17N3O2.C2HF3O2/c1-2-4-20-18(3-1)19(7-9-25-20)21-15-26-24-14-17(8-10-27(21)24)16-5-6-22-23(13-16)29-12-11-28-22;3-2(4,5)1(6)7/h1-10,13-15H,11-12H2;(H,6,7). The molecule has 0 atom stereocenters. The molecule has 4 heterocycles. The van der Waals surface area contributed by atoms with E-state index in [9.17, 15) is 13.2 Å². The Labute approximate surface area is 202 Å². The van der Waals surface area contributed by atoms with Crippen molar-refractivity contribution in [3.8, 4) is 33.9 Å². The lowest BCUT2D eigenvalue weighted by molar-refractivity contribution is -0.192. The highest BCUT2D eigenvalue weighted by Gasteiger charge is 2.38. The zero-order valence-corrected chi connectivity index (χ0v) is 18.6. The second-order valence-corrected chi connectivity index (χ2v) is 7.82. The second kappa shape index (κ2) is 9.21. The first-order chi connectivity index (χ1) is 17.3. The first-order valence-electron chi connectivity index (χ1n) is 10.8. The number of carboxylic acids is 1. The van der Waals surface area contributed by atoms with Gasteiger partial charge in [0.05, 0.1) is 17.4 Å². The van der Waals surface area contributed by atoms with Gasteiger partial charge in [0.2, 0.25) is 0 Å². The summed E-state index contributed by atoms with van der Waals surface area (Å²) in [5.74, 6) is -1.16. The Morgan fingerprint density at radius 2 is 1.64 bits per heavy atom. The van der Waals surface area contributed by atoms with E-state index in [4.69, 9.17) is 19.4 Å². The van der Waals surface area contributed by atoms with Crippen molar-refractivity contribution in [3.05, 3.63) is 79.3 Å². The number of aromatic nitrogens is 3. The fraction of sp³-hybridized carbons (Fsp3) is 0.115. The minimum absolute atomic E-state index is 0.582. The molecule has 36 heavy (non-hydrogen) atoms. The minimum Gasteiger partial charge on any atom is -0.486 e. The Morgan fingerprint density at radius 3 is 2.42 bits per heavy atom. The second-order valence-electron chi connectivity index (χ2n) is 7.82. The van der Waals surface area contributed by atoms with Crippen molar-refractivity contribution in [3.63, 3.8) is 0 Å². The van der Waals surface area contributed by atoms with Crippen LogP contribution in [0.1, 0.15) is 0 Å². The highest BCUT2D eigenvalue weighted by Crippen LogP contribution is 2.35. The fourth-order valence-corrected chi connectivity index (χ4v) is 3.90. The van der Waals surface area contributed by atoms with Crippen LogP contribution in [-0.2, 0) is 4.79 Å². The van der Waals surface area contributed by atoms with Gasteiger partial charge in [0.1, 0.15) is 18.9 Å². The molecule has 1 aliphatic rings. The highest BCUT2D eigenvalue weighted by atomic mass is 19.4. The number of hydrogen-bond acceptors (Lipinski definition) is 5. The smallest absolute Gasteiger partial charge is 0.486 e. The third-order valence-corrected chi connectivity index (χ3v) is 5.56. The molecular formula is C26H18F3N3O4. The minimum atomic E-state index is -5.08. The van der Waals surface area contributed by atoms with Crippen LogP contribution in [0.5, 0.6) is 11.5 Å². The van der Waals surface area contributed by atoms with E-state index in [2.05, 4.69) is 44.8 Å². The first kappa shape index (κ1) is 23.2. The van der Waals surface area contributed by atoms with Crippen molar-refractivity contribution in [1.29, 1.82) is 0 Å². The zero-order valence-electron chi connectivity index (χ0n) is 18.6. The van der Waals surface area contributed by atoms with Gasteiger partial charge >= 0.3 is 12.1 Å². The molecular weight excluding hydrogens is 475 g/mol. The van der Waals surface area contributed by atoms with E-state index in [1.165, 1.54) is 0 Å². The van der Waals surface area contributed by atoms with Crippen LogP contribution in [0.15, 0.2) is 79.3 Å². The third-order valence-electron chi connectivity index (χ3n) is 5.56. The largest absolute Gasteiger partial charge is 0.490 e. The van der Waals surface area contributed by atoms with Crippen LogP contribution in [-0.4, -0.2) is 44.8 Å². The summed E-state index contributed by atoms with van der Waals surface area (Å²) in [5.41, 5.74) is 6.21. The Bertz CT molecular complexity index is 1580. The number of imidazole rings is 1. The summed E-state index contributed by atoms with van der Waals surface area (Å²) in [5, 5.41) is 8.24. The molecule has 7 nitrogen and oxygen atoms in total. The summed E-state index contributed by atoms with van der Waals surface area (Å²) < 4.78 is 45.2. The molecule has 3 aromatic heterocycles. The topological polar surface area (TPSA) is 86.0 Å². The Morgan fingerprint density at radius 1 is 0.917 bits per heavy atom. The quantitative estimate of drug-likeness (QED) is 0.344. The summed E-state index contributed by atoms with van der Waals surface area (Å²) >= 11 is 0. The fourth-order valence-electron chi connectivity index (χ4n) is 3.90. The van der Waals surface area contributed by atoms with Crippen molar-refractivity contribution < 1.29 is 32.5 Å². The number of benzene rings is 2. The zero-order chi connectivity index (χ0) is 25.3. The van der Waals surface area contributed by atoms with E-state index in [0.717, 1.165) is 50.4 Å². The van der Waals surface area contributed by atoms with E-state index in [1.807, 2.05) is 48.8 Å².